The third-order valence-corrected chi connectivity index (χ3v) is 6.40. The topological polar surface area (TPSA) is 92.9 Å². The molecule has 0 saturated carbocycles. The first-order valence-electron chi connectivity index (χ1n) is 11.1. The van der Waals surface area contributed by atoms with E-state index < -0.39 is 0 Å². The van der Waals surface area contributed by atoms with Gasteiger partial charge in [0.25, 0.3) is 5.91 Å². The summed E-state index contributed by atoms with van der Waals surface area (Å²) in [6.45, 7) is 5.13. The van der Waals surface area contributed by atoms with Gasteiger partial charge < -0.3 is 24.5 Å². The van der Waals surface area contributed by atoms with Gasteiger partial charge in [-0.15, -0.1) is 0 Å². The van der Waals surface area contributed by atoms with Crippen molar-refractivity contribution in [3.05, 3.63) is 46.3 Å². The van der Waals surface area contributed by atoms with E-state index in [-0.39, 0.29) is 17.7 Å². The molecule has 2 heterocycles. The van der Waals surface area contributed by atoms with Gasteiger partial charge in [0.15, 0.2) is 17.3 Å². The van der Waals surface area contributed by atoms with Crippen LogP contribution in [0.2, 0.25) is 0 Å². The van der Waals surface area contributed by atoms with Gasteiger partial charge >= 0.3 is 0 Å². The maximum atomic E-state index is 13.1. The van der Waals surface area contributed by atoms with Crippen LogP contribution in [0.15, 0.2) is 18.2 Å². The second-order valence-corrected chi connectivity index (χ2v) is 8.24. The number of amides is 1. The summed E-state index contributed by atoms with van der Waals surface area (Å²) in [6, 6.07) is 5.81. The molecule has 1 aromatic heterocycles. The smallest absolute Gasteiger partial charge is 0.268 e. The molecule has 1 aromatic carbocycles. The average Bonchev–Trinajstić information content (AvgIpc) is 3.17. The first-order valence-corrected chi connectivity index (χ1v) is 11.1. The minimum absolute atomic E-state index is 0.0471. The van der Waals surface area contributed by atoms with Crippen LogP contribution >= 0.6 is 0 Å². The van der Waals surface area contributed by atoms with Gasteiger partial charge in [-0.3, -0.25) is 14.5 Å². The number of H-pyrrole nitrogens is 1. The predicted molar refractivity (Wildman–Crippen MR) is 120 cm³/mol. The molecule has 172 valence electrons. The van der Waals surface area contributed by atoms with Crippen LogP contribution in [0, 0.1) is 6.92 Å². The van der Waals surface area contributed by atoms with E-state index in [4.69, 9.17) is 14.2 Å². The summed E-state index contributed by atoms with van der Waals surface area (Å²) < 4.78 is 16.4. The number of Topliss-reactive ketones (excluding diaryl/α,β-unsaturated/α-hetero) is 1. The number of morpholine rings is 1. The van der Waals surface area contributed by atoms with Gasteiger partial charge in [0.05, 0.1) is 33.5 Å². The molecule has 2 aliphatic rings. The van der Waals surface area contributed by atoms with Crippen LogP contribution in [0.3, 0.4) is 0 Å². The van der Waals surface area contributed by atoms with Gasteiger partial charge in [-0.05, 0) is 43.0 Å². The number of nitrogens with zero attached hydrogens (tertiary/aromatic N) is 1. The molecule has 0 radical (unpaired) electrons. The number of carbonyl (C=O) groups excluding carboxylic acids is 2. The number of fused-ring (bicyclic) bond motifs is 1. The molecule has 1 atom stereocenters. The lowest BCUT2D eigenvalue weighted by molar-refractivity contribution is 0.0161. The molecule has 2 aromatic rings. The number of hydrogen-bond acceptors (Lipinski definition) is 6. The Balaban J connectivity index is 1.56. The maximum absolute atomic E-state index is 13.1. The summed E-state index contributed by atoms with van der Waals surface area (Å²) >= 11 is 0. The van der Waals surface area contributed by atoms with Gasteiger partial charge in [0.2, 0.25) is 0 Å². The quantitative estimate of drug-likeness (QED) is 0.686. The summed E-state index contributed by atoms with van der Waals surface area (Å²) in [4.78, 5) is 30.9. The predicted octanol–water partition coefficient (Wildman–Crippen LogP) is 2.66. The number of hydrogen-bond donors (Lipinski definition) is 2. The zero-order valence-corrected chi connectivity index (χ0v) is 19.0. The van der Waals surface area contributed by atoms with Crippen molar-refractivity contribution in [1.29, 1.82) is 0 Å². The van der Waals surface area contributed by atoms with Crippen molar-refractivity contribution in [2.24, 2.45) is 0 Å². The van der Waals surface area contributed by atoms with Crippen LogP contribution in [0.5, 0.6) is 11.5 Å². The Hall–Kier alpha value is -2.84. The van der Waals surface area contributed by atoms with Crippen molar-refractivity contribution >= 4 is 11.7 Å². The average molecular weight is 442 g/mol. The lowest BCUT2D eigenvalue weighted by atomic mass is 9.94. The summed E-state index contributed by atoms with van der Waals surface area (Å²) in [7, 11) is 3.23. The first-order chi connectivity index (χ1) is 15.5. The van der Waals surface area contributed by atoms with Gasteiger partial charge in [-0.1, -0.05) is 6.07 Å². The van der Waals surface area contributed by atoms with E-state index >= 15 is 0 Å². The molecule has 1 aliphatic carbocycles. The molecule has 0 spiro atoms. The largest absolute Gasteiger partial charge is 0.493 e. The van der Waals surface area contributed by atoms with E-state index in [2.05, 4.69) is 15.2 Å². The van der Waals surface area contributed by atoms with Crippen molar-refractivity contribution in [2.45, 2.75) is 32.2 Å². The van der Waals surface area contributed by atoms with Gasteiger partial charge in [0, 0.05) is 37.3 Å². The number of benzene rings is 1. The monoisotopic (exact) mass is 441 g/mol. The second-order valence-electron chi connectivity index (χ2n) is 8.24. The lowest BCUT2D eigenvalue weighted by Gasteiger charge is -2.35. The number of carbonyl (C=O) groups is 2. The molecule has 8 nitrogen and oxygen atoms in total. The Labute approximate surface area is 188 Å². The van der Waals surface area contributed by atoms with Crippen LogP contribution in [0.1, 0.15) is 56.6 Å². The molecular formula is C24H31N3O5. The van der Waals surface area contributed by atoms with E-state index in [0.29, 0.717) is 48.9 Å². The lowest BCUT2D eigenvalue weighted by Crippen LogP contribution is -2.44. The van der Waals surface area contributed by atoms with Crippen molar-refractivity contribution in [3.63, 3.8) is 0 Å². The zero-order chi connectivity index (χ0) is 22.7. The number of methoxy groups -OCH3 is 2. The highest BCUT2D eigenvalue weighted by molar-refractivity contribution is 6.04. The molecule has 1 saturated heterocycles. The Morgan fingerprint density at radius 3 is 2.62 bits per heavy atom. The highest BCUT2D eigenvalue weighted by atomic mass is 16.5. The summed E-state index contributed by atoms with van der Waals surface area (Å²) in [5, 5.41) is 3.09. The van der Waals surface area contributed by atoms with Crippen molar-refractivity contribution in [2.75, 3.05) is 47.1 Å². The Kier molecular flexibility index (Phi) is 6.81. The highest BCUT2D eigenvalue weighted by Gasteiger charge is 2.28. The molecule has 0 bridgehead atoms. The van der Waals surface area contributed by atoms with Gasteiger partial charge in [0.1, 0.15) is 5.69 Å². The third-order valence-electron chi connectivity index (χ3n) is 6.40. The summed E-state index contributed by atoms with van der Waals surface area (Å²) in [6.07, 6.45) is 2.17. The number of nitrogens with one attached hydrogen (secondary N) is 2. The zero-order valence-electron chi connectivity index (χ0n) is 19.0. The molecule has 1 unspecified atom stereocenters. The Bertz CT molecular complexity index is 994. The van der Waals surface area contributed by atoms with Gasteiger partial charge in [-0.25, -0.2) is 0 Å². The number of rotatable bonds is 7. The number of aromatic nitrogens is 1. The van der Waals surface area contributed by atoms with E-state index in [9.17, 15) is 9.59 Å². The summed E-state index contributed by atoms with van der Waals surface area (Å²) in [5.41, 5.74) is 3.84. The van der Waals surface area contributed by atoms with Crippen molar-refractivity contribution in [3.8, 4) is 11.5 Å². The standard InChI is InChI=1S/C24H31N3O5/c1-15-22-17(5-4-6-19(22)28)26-23(15)24(29)25-14-18(27-9-11-32-12-10-27)16-7-8-20(30-2)21(13-16)31-3/h7-8,13,18,26H,4-6,9-12,14H2,1-3H3,(H,25,29). The number of ketones is 1. The van der Waals surface area contributed by atoms with Crippen LogP contribution in [0.4, 0.5) is 0 Å². The molecule has 1 amide bonds. The van der Waals surface area contributed by atoms with Crippen LogP contribution in [-0.2, 0) is 11.2 Å². The maximum Gasteiger partial charge on any atom is 0.268 e. The van der Waals surface area contributed by atoms with E-state index in [1.807, 2.05) is 25.1 Å². The number of ether oxygens (including phenoxy) is 3. The van der Waals surface area contributed by atoms with Crippen LogP contribution in [-0.4, -0.2) is 68.6 Å². The number of aryl methyl sites for hydroxylation is 1. The number of aromatic amines is 1. The fourth-order valence-electron chi connectivity index (χ4n) is 4.69. The van der Waals surface area contributed by atoms with Crippen LogP contribution in [0.25, 0.3) is 0 Å². The first kappa shape index (κ1) is 22.4. The molecular weight excluding hydrogens is 410 g/mol. The Morgan fingerprint density at radius 2 is 1.94 bits per heavy atom. The minimum atomic E-state index is -0.191. The molecule has 1 aliphatic heterocycles. The third kappa shape index (κ3) is 4.38. The minimum Gasteiger partial charge on any atom is -0.493 e. The molecule has 4 rings (SSSR count). The SMILES string of the molecule is COc1ccc(C(CNC(=O)c2[nH]c3c(c2C)C(=O)CCC3)N2CCOCC2)cc1OC. The normalized spacial score (nSPS) is 17.5. The Morgan fingerprint density at radius 1 is 1.19 bits per heavy atom. The van der Waals surface area contributed by atoms with Crippen LogP contribution < -0.4 is 14.8 Å². The van der Waals surface area contributed by atoms with E-state index in [0.717, 1.165) is 42.8 Å². The molecule has 32 heavy (non-hydrogen) atoms. The second kappa shape index (κ2) is 9.75. The molecule has 8 heteroatoms. The molecule has 1 fully saturated rings. The van der Waals surface area contributed by atoms with Crippen molar-refractivity contribution in [1.82, 2.24) is 15.2 Å². The van der Waals surface area contributed by atoms with E-state index in [1.54, 1.807) is 14.2 Å². The van der Waals surface area contributed by atoms with Crippen molar-refractivity contribution < 1.29 is 23.8 Å². The fraction of sp³-hybridized carbons (Fsp3) is 0.500. The highest BCUT2D eigenvalue weighted by Crippen LogP contribution is 2.32. The molecule has 2 N–H and O–H groups in total. The van der Waals surface area contributed by atoms with E-state index in [1.165, 1.54) is 0 Å². The van der Waals surface area contributed by atoms with Gasteiger partial charge in [-0.2, -0.15) is 0 Å². The summed E-state index contributed by atoms with van der Waals surface area (Å²) in [5.74, 6) is 1.25. The fourth-order valence-corrected chi connectivity index (χ4v) is 4.69.